The second-order valence-corrected chi connectivity index (χ2v) is 13.0. The van der Waals surface area contributed by atoms with E-state index in [4.69, 9.17) is 14.4 Å². The molecule has 0 unspecified atom stereocenters. The zero-order valence-corrected chi connectivity index (χ0v) is 27.6. The maximum absolute atomic E-state index is 6.74. The van der Waals surface area contributed by atoms with Crippen molar-refractivity contribution in [2.75, 3.05) is 0 Å². The molecule has 0 atom stereocenters. The van der Waals surface area contributed by atoms with Crippen LogP contribution in [0.2, 0.25) is 0 Å². The van der Waals surface area contributed by atoms with Gasteiger partial charge in [0.2, 0.25) is 0 Å². The molecule has 0 amide bonds. The van der Waals surface area contributed by atoms with Crippen molar-refractivity contribution in [1.29, 1.82) is 0 Å². The minimum Gasteiger partial charge on any atom is -0.455 e. The lowest BCUT2D eigenvalue weighted by molar-refractivity contribution is 0.673. The number of aromatic nitrogens is 2. The Morgan fingerprint density at radius 1 is 0.353 bits per heavy atom. The largest absolute Gasteiger partial charge is 0.455 e. The van der Waals surface area contributed by atoms with E-state index < -0.39 is 0 Å². The number of hydrogen-bond donors (Lipinski definition) is 0. The molecule has 0 saturated heterocycles. The average Bonchev–Trinajstić information content (AvgIpc) is 3.60. The van der Waals surface area contributed by atoms with E-state index >= 15 is 0 Å². The standard InChI is InChI=1S/C48H30N2O/c1-3-14-32(15-4-1)43-30-44(50-48(49-43)33-16-5-2-6-17-33)41-29-42-46-38(23-12-24-45(46)51-47(42)40-22-10-9-21-39(40)41)37-20-11-19-35(28-37)36-26-25-31-13-7-8-18-34(31)27-36/h1-30H. The van der Waals surface area contributed by atoms with Crippen LogP contribution in [0.4, 0.5) is 0 Å². The molecule has 10 rings (SSSR count). The molecule has 238 valence electrons. The van der Waals surface area contributed by atoms with Gasteiger partial charge in [-0.1, -0.05) is 152 Å². The average molecular weight is 651 g/mol. The third-order valence-corrected chi connectivity index (χ3v) is 9.86. The number of hydrogen-bond acceptors (Lipinski definition) is 3. The van der Waals surface area contributed by atoms with Gasteiger partial charge in [-0.3, -0.25) is 0 Å². The molecule has 3 heteroatoms. The molecule has 8 aromatic carbocycles. The Bertz CT molecular complexity index is 2850. The van der Waals surface area contributed by atoms with Crippen LogP contribution in [0, 0.1) is 0 Å². The zero-order valence-electron chi connectivity index (χ0n) is 27.6. The molecule has 0 saturated carbocycles. The topological polar surface area (TPSA) is 38.9 Å². The number of nitrogens with zero attached hydrogens (tertiary/aromatic N) is 2. The van der Waals surface area contributed by atoms with Crippen molar-refractivity contribution in [3.05, 3.63) is 182 Å². The summed E-state index contributed by atoms with van der Waals surface area (Å²) in [6, 6.07) is 63.8. The highest BCUT2D eigenvalue weighted by molar-refractivity contribution is 6.22. The predicted octanol–water partition coefficient (Wildman–Crippen LogP) is 13.0. The van der Waals surface area contributed by atoms with Crippen LogP contribution in [-0.4, -0.2) is 9.97 Å². The van der Waals surface area contributed by atoms with Crippen molar-refractivity contribution in [3.8, 4) is 56.2 Å². The van der Waals surface area contributed by atoms with Crippen LogP contribution >= 0.6 is 0 Å². The first-order valence-corrected chi connectivity index (χ1v) is 17.2. The van der Waals surface area contributed by atoms with Crippen molar-refractivity contribution in [2.45, 2.75) is 0 Å². The van der Waals surface area contributed by atoms with Gasteiger partial charge >= 0.3 is 0 Å². The van der Waals surface area contributed by atoms with Crippen LogP contribution < -0.4 is 0 Å². The van der Waals surface area contributed by atoms with E-state index in [0.29, 0.717) is 5.82 Å². The smallest absolute Gasteiger partial charge is 0.160 e. The molecule has 10 aromatic rings. The van der Waals surface area contributed by atoms with E-state index in [-0.39, 0.29) is 0 Å². The van der Waals surface area contributed by atoms with Crippen LogP contribution in [0.25, 0.3) is 99.6 Å². The minimum absolute atomic E-state index is 0.694. The van der Waals surface area contributed by atoms with Crippen molar-refractivity contribution in [2.24, 2.45) is 0 Å². The van der Waals surface area contributed by atoms with Crippen molar-refractivity contribution < 1.29 is 4.42 Å². The second-order valence-electron chi connectivity index (χ2n) is 13.0. The lowest BCUT2D eigenvalue weighted by atomic mass is 9.93. The number of rotatable bonds is 5. The third-order valence-electron chi connectivity index (χ3n) is 9.86. The predicted molar refractivity (Wildman–Crippen MR) is 212 cm³/mol. The number of benzene rings is 8. The Morgan fingerprint density at radius 2 is 1.00 bits per heavy atom. The van der Waals surface area contributed by atoms with Crippen LogP contribution in [0.3, 0.4) is 0 Å². The van der Waals surface area contributed by atoms with Gasteiger partial charge in [0.25, 0.3) is 0 Å². The maximum Gasteiger partial charge on any atom is 0.160 e. The molecule has 51 heavy (non-hydrogen) atoms. The molecular weight excluding hydrogens is 621 g/mol. The molecule has 0 aliphatic heterocycles. The minimum atomic E-state index is 0.694. The Balaban J connectivity index is 1.21. The van der Waals surface area contributed by atoms with E-state index in [2.05, 4.69) is 158 Å². The van der Waals surface area contributed by atoms with E-state index in [0.717, 1.165) is 71.9 Å². The molecule has 0 aliphatic carbocycles. The summed E-state index contributed by atoms with van der Waals surface area (Å²) in [6.07, 6.45) is 0. The van der Waals surface area contributed by atoms with Crippen LogP contribution in [0.15, 0.2) is 186 Å². The first-order valence-electron chi connectivity index (χ1n) is 17.2. The summed E-state index contributed by atoms with van der Waals surface area (Å²) in [5.74, 6) is 0.694. The Hall–Kier alpha value is -6.84. The highest BCUT2D eigenvalue weighted by atomic mass is 16.3. The fraction of sp³-hybridized carbons (Fsp3) is 0. The quantitative estimate of drug-likeness (QED) is 0.186. The van der Waals surface area contributed by atoms with Crippen LogP contribution in [0.1, 0.15) is 0 Å². The van der Waals surface area contributed by atoms with Gasteiger partial charge in [0.1, 0.15) is 11.2 Å². The molecule has 0 N–H and O–H groups in total. The lowest BCUT2D eigenvalue weighted by Gasteiger charge is -2.12. The number of fused-ring (bicyclic) bond motifs is 6. The van der Waals surface area contributed by atoms with Gasteiger partial charge in [0, 0.05) is 32.8 Å². The van der Waals surface area contributed by atoms with Gasteiger partial charge in [0.05, 0.1) is 11.4 Å². The SMILES string of the molecule is c1ccc(-c2cc(-c3cc4c(oc5cccc(-c6cccc(-c7ccc8ccccc8c7)c6)c54)c4ccccc34)nc(-c3ccccc3)n2)cc1. The zero-order chi connectivity index (χ0) is 33.7. The number of furan rings is 1. The van der Waals surface area contributed by atoms with E-state index in [1.54, 1.807) is 0 Å². The summed E-state index contributed by atoms with van der Waals surface area (Å²) >= 11 is 0. The molecule has 3 nitrogen and oxygen atoms in total. The summed E-state index contributed by atoms with van der Waals surface area (Å²) in [7, 11) is 0. The highest BCUT2D eigenvalue weighted by Gasteiger charge is 2.20. The normalized spacial score (nSPS) is 11.5. The van der Waals surface area contributed by atoms with E-state index in [9.17, 15) is 0 Å². The van der Waals surface area contributed by atoms with Gasteiger partial charge in [-0.2, -0.15) is 0 Å². The molecular formula is C48H30N2O. The lowest BCUT2D eigenvalue weighted by Crippen LogP contribution is -1.96. The second kappa shape index (κ2) is 11.9. The summed E-state index contributed by atoms with van der Waals surface area (Å²) in [5, 5.41) is 6.77. The Labute approximate surface area is 295 Å². The molecule has 0 radical (unpaired) electrons. The highest BCUT2D eigenvalue weighted by Crippen LogP contribution is 2.44. The van der Waals surface area contributed by atoms with Crippen LogP contribution in [-0.2, 0) is 0 Å². The first kappa shape index (κ1) is 29.1. The van der Waals surface area contributed by atoms with E-state index in [1.165, 1.54) is 21.9 Å². The summed E-state index contributed by atoms with van der Waals surface area (Å²) in [6.45, 7) is 0. The Morgan fingerprint density at radius 3 is 1.84 bits per heavy atom. The van der Waals surface area contributed by atoms with Crippen LogP contribution in [0.5, 0.6) is 0 Å². The van der Waals surface area contributed by atoms with Gasteiger partial charge in [0.15, 0.2) is 5.82 Å². The maximum atomic E-state index is 6.74. The molecule has 0 spiro atoms. The van der Waals surface area contributed by atoms with Gasteiger partial charge in [-0.15, -0.1) is 0 Å². The molecule has 2 heterocycles. The third kappa shape index (κ3) is 5.06. The molecule has 2 aromatic heterocycles. The molecule has 0 bridgehead atoms. The van der Waals surface area contributed by atoms with Gasteiger partial charge in [-0.05, 0) is 68.7 Å². The summed E-state index contributed by atoms with van der Waals surface area (Å²) < 4.78 is 6.74. The van der Waals surface area contributed by atoms with E-state index in [1.807, 2.05) is 24.3 Å². The van der Waals surface area contributed by atoms with Gasteiger partial charge in [-0.25, -0.2) is 9.97 Å². The molecule has 0 aliphatic rings. The van der Waals surface area contributed by atoms with Gasteiger partial charge < -0.3 is 4.42 Å². The summed E-state index contributed by atoms with van der Waals surface area (Å²) in [4.78, 5) is 10.3. The monoisotopic (exact) mass is 650 g/mol. The van der Waals surface area contributed by atoms with Crippen molar-refractivity contribution in [1.82, 2.24) is 9.97 Å². The fourth-order valence-corrected chi connectivity index (χ4v) is 7.39. The van der Waals surface area contributed by atoms with Crippen molar-refractivity contribution in [3.63, 3.8) is 0 Å². The molecule has 0 fully saturated rings. The van der Waals surface area contributed by atoms with Crippen molar-refractivity contribution >= 4 is 43.5 Å². The summed E-state index contributed by atoms with van der Waals surface area (Å²) in [5.41, 5.74) is 11.2. The Kier molecular flexibility index (Phi) is 6.81. The fourth-order valence-electron chi connectivity index (χ4n) is 7.39. The first-order chi connectivity index (χ1) is 25.3.